The molecule has 0 bridgehead atoms. The first kappa shape index (κ1) is 10.3. The maximum Gasteiger partial charge on any atom is 0.340 e. The number of aromatic nitrogens is 1. The summed E-state index contributed by atoms with van der Waals surface area (Å²) >= 11 is 0. The molecular weight excluding hydrogens is 180 g/mol. The van der Waals surface area contributed by atoms with Gasteiger partial charge in [0.1, 0.15) is 11.8 Å². The van der Waals surface area contributed by atoms with Crippen molar-refractivity contribution >= 4 is 5.97 Å². The highest BCUT2D eigenvalue weighted by Crippen LogP contribution is 2.17. The molecule has 0 fully saturated rings. The van der Waals surface area contributed by atoms with Gasteiger partial charge in [0.15, 0.2) is 0 Å². The van der Waals surface area contributed by atoms with Crippen LogP contribution in [0.25, 0.3) is 0 Å². The predicted octanol–water partition coefficient (Wildman–Crippen LogP) is 1.68. The van der Waals surface area contributed by atoms with Gasteiger partial charge in [0, 0.05) is 5.69 Å². The Morgan fingerprint density at radius 1 is 1.57 bits per heavy atom. The van der Waals surface area contributed by atoms with Gasteiger partial charge in [0.25, 0.3) is 0 Å². The molecule has 14 heavy (non-hydrogen) atoms. The van der Waals surface area contributed by atoms with Crippen LogP contribution in [0.1, 0.15) is 34.2 Å². The number of hydrogen-bond donors (Lipinski definition) is 1. The monoisotopic (exact) mass is 192 g/mol. The average molecular weight is 192 g/mol. The van der Waals surface area contributed by atoms with E-state index < -0.39 is 0 Å². The van der Waals surface area contributed by atoms with Crippen LogP contribution in [0.3, 0.4) is 0 Å². The maximum atomic E-state index is 11.5. The Kier molecular flexibility index (Phi) is 2.92. The molecule has 74 valence electrons. The number of aromatic amines is 1. The van der Waals surface area contributed by atoms with Crippen molar-refractivity contribution < 1.29 is 9.53 Å². The normalized spacial score (nSPS) is 9.57. The maximum absolute atomic E-state index is 11.5. The Labute approximate surface area is 82.5 Å². The van der Waals surface area contributed by atoms with E-state index >= 15 is 0 Å². The van der Waals surface area contributed by atoms with E-state index in [9.17, 15) is 4.79 Å². The third-order valence-electron chi connectivity index (χ3n) is 2.03. The minimum atomic E-state index is -0.375. The van der Waals surface area contributed by atoms with E-state index in [1.165, 1.54) is 0 Å². The summed E-state index contributed by atoms with van der Waals surface area (Å²) in [4.78, 5) is 14.3. The highest BCUT2D eigenvalue weighted by molar-refractivity contribution is 5.93. The van der Waals surface area contributed by atoms with E-state index in [-0.39, 0.29) is 5.97 Å². The molecule has 0 radical (unpaired) electrons. The van der Waals surface area contributed by atoms with Crippen molar-refractivity contribution in [2.24, 2.45) is 0 Å². The Morgan fingerprint density at radius 3 is 2.64 bits per heavy atom. The van der Waals surface area contributed by atoms with Gasteiger partial charge in [-0.05, 0) is 26.3 Å². The number of nitrogens with zero attached hydrogens (tertiary/aromatic N) is 1. The van der Waals surface area contributed by atoms with Crippen molar-refractivity contribution in [1.29, 1.82) is 5.26 Å². The van der Waals surface area contributed by atoms with Crippen molar-refractivity contribution in [3.8, 4) is 6.07 Å². The molecule has 0 aliphatic rings. The zero-order valence-corrected chi connectivity index (χ0v) is 8.47. The SMILES string of the molecule is CCOC(=O)c1c(C)[nH]c(C#N)c1C. The fraction of sp³-hybridized carbons (Fsp3) is 0.400. The smallest absolute Gasteiger partial charge is 0.340 e. The molecular formula is C10H12N2O2. The lowest BCUT2D eigenvalue weighted by molar-refractivity contribution is 0.0525. The third kappa shape index (κ3) is 1.62. The largest absolute Gasteiger partial charge is 0.462 e. The molecule has 0 aromatic carbocycles. The molecule has 4 nitrogen and oxygen atoms in total. The van der Waals surface area contributed by atoms with Crippen LogP contribution in [-0.4, -0.2) is 17.6 Å². The first-order chi connectivity index (χ1) is 6.61. The van der Waals surface area contributed by atoms with Crippen molar-refractivity contribution in [2.75, 3.05) is 6.61 Å². The lowest BCUT2D eigenvalue weighted by Crippen LogP contribution is -2.06. The molecule has 1 aromatic heterocycles. The van der Waals surface area contributed by atoms with Crippen LogP contribution in [0, 0.1) is 25.2 Å². The van der Waals surface area contributed by atoms with Gasteiger partial charge in [0.2, 0.25) is 0 Å². The van der Waals surface area contributed by atoms with Gasteiger partial charge in [-0.2, -0.15) is 5.26 Å². The third-order valence-corrected chi connectivity index (χ3v) is 2.03. The van der Waals surface area contributed by atoms with Crippen LogP contribution in [-0.2, 0) is 4.74 Å². The molecule has 0 atom stereocenters. The molecule has 1 aromatic rings. The van der Waals surface area contributed by atoms with E-state index in [4.69, 9.17) is 10.00 Å². The first-order valence-corrected chi connectivity index (χ1v) is 4.38. The summed E-state index contributed by atoms with van der Waals surface area (Å²) in [5, 5.41) is 8.73. The Hall–Kier alpha value is -1.76. The van der Waals surface area contributed by atoms with Gasteiger partial charge in [-0.25, -0.2) is 4.79 Å². The lowest BCUT2D eigenvalue weighted by Gasteiger charge is -2.01. The van der Waals surface area contributed by atoms with Crippen LogP contribution in [0.5, 0.6) is 0 Å². The predicted molar refractivity (Wildman–Crippen MR) is 50.9 cm³/mol. The number of carbonyl (C=O) groups is 1. The second-order valence-electron chi connectivity index (χ2n) is 2.96. The molecule has 1 rings (SSSR count). The first-order valence-electron chi connectivity index (χ1n) is 4.38. The van der Waals surface area contributed by atoms with Gasteiger partial charge < -0.3 is 9.72 Å². The fourth-order valence-corrected chi connectivity index (χ4v) is 1.37. The van der Waals surface area contributed by atoms with Crippen molar-refractivity contribution in [3.63, 3.8) is 0 Å². The molecule has 0 amide bonds. The molecule has 4 heteroatoms. The minimum Gasteiger partial charge on any atom is -0.462 e. The molecule has 1 N–H and O–H groups in total. The summed E-state index contributed by atoms with van der Waals surface area (Å²) in [6, 6.07) is 1.99. The number of esters is 1. The van der Waals surface area contributed by atoms with Crippen molar-refractivity contribution in [2.45, 2.75) is 20.8 Å². The van der Waals surface area contributed by atoms with E-state index in [0.717, 1.165) is 0 Å². The quantitative estimate of drug-likeness (QED) is 0.725. The second kappa shape index (κ2) is 3.97. The van der Waals surface area contributed by atoms with Crippen LogP contribution in [0.2, 0.25) is 0 Å². The Balaban J connectivity index is 3.15. The number of aryl methyl sites for hydroxylation is 1. The number of ether oxygens (including phenoxy) is 1. The van der Waals surface area contributed by atoms with Crippen LogP contribution < -0.4 is 0 Å². The number of carbonyl (C=O) groups excluding carboxylic acids is 1. The Bertz CT molecular complexity index is 399. The fourth-order valence-electron chi connectivity index (χ4n) is 1.37. The summed E-state index contributed by atoms with van der Waals surface area (Å²) in [6.07, 6.45) is 0. The number of nitrogens with one attached hydrogen (secondary N) is 1. The van der Waals surface area contributed by atoms with Gasteiger partial charge in [-0.3, -0.25) is 0 Å². The number of hydrogen-bond acceptors (Lipinski definition) is 3. The summed E-state index contributed by atoms with van der Waals surface area (Å²) in [5.74, 6) is -0.375. The summed E-state index contributed by atoms with van der Waals surface area (Å²) in [6.45, 7) is 5.57. The standard InChI is InChI=1S/C10H12N2O2/c1-4-14-10(13)9-6(2)8(5-11)12-7(9)3/h12H,4H2,1-3H3. The molecule has 0 spiro atoms. The van der Waals surface area contributed by atoms with Gasteiger partial charge in [0.05, 0.1) is 12.2 Å². The van der Waals surface area contributed by atoms with Crippen LogP contribution in [0.4, 0.5) is 0 Å². The number of nitriles is 1. The van der Waals surface area contributed by atoms with E-state index in [1.54, 1.807) is 20.8 Å². The number of rotatable bonds is 2. The van der Waals surface area contributed by atoms with Gasteiger partial charge in [-0.1, -0.05) is 0 Å². The van der Waals surface area contributed by atoms with Crippen LogP contribution >= 0.6 is 0 Å². The highest BCUT2D eigenvalue weighted by atomic mass is 16.5. The van der Waals surface area contributed by atoms with Crippen molar-refractivity contribution in [1.82, 2.24) is 4.98 Å². The zero-order chi connectivity index (χ0) is 10.7. The average Bonchev–Trinajstić information content (AvgIpc) is 2.41. The molecule has 0 saturated heterocycles. The molecule has 0 aliphatic heterocycles. The van der Waals surface area contributed by atoms with Gasteiger partial charge in [-0.15, -0.1) is 0 Å². The lowest BCUT2D eigenvalue weighted by atomic mass is 10.1. The van der Waals surface area contributed by atoms with Crippen molar-refractivity contribution in [3.05, 3.63) is 22.5 Å². The summed E-state index contributed by atoms with van der Waals surface area (Å²) in [5.41, 5.74) is 2.23. The summed E-state index contributed by atoms with van der Waals surface area (Å²) in [7, 11) is 0. The Morgan fingerprint density at radius 2 is 2.21 bits per heavy atom. The van der Waals surface area contributed by atoms with E-state index in [1.807, 2.05) is 6.07 Å². The topological polar surface area (TPSA) is 65.9 Å². The second-order valence-corrected chi connectivity index (χ2v) is 2.96. The van der Waals surface area contributed by atoms with E-state index in [0.29, 0.717) is 29.1 Å². The molecule has 0 aliphatic carbocycles. The molecule has 1 heterocycles. The zero-order valence-electron chi connectivity index (χ0n) is 8.47. The molecule has 0 saturated carbocycles. The van der Waals surface area contributed by atoms with E-state index in [2.05, 4.69) is 4.98 Å². The molecule has 0 unspecified atom stereocenters. The van der Waals surface area contributed by atoms with Crippen LogP contribution in [0.15, 0.2) is 0 Å². The summed E-state index contributed by atoms with van der Waals surface area (Å²) < 4.78 is 4.88. The number of H-pyrrole nitrogens is 1. The highest BCUT2D eigenvalue weighted by Gasteiger charge is 2.18. The van der Waals surface area contributed by atoms with Gasteiger partial charge >= 0.3 is 5.97 Å². The minimum absolute atomic E-state index is 0.338.